The first-order valence-corrected chi connectivity index (χ1v) is 8.09. The van der Waals surface area contributed by atoms with Crippen molar-refractivity contribution in [2.24, 2.45) is 5.92 Å². The van der Waals surface area contributed by atoms with Crippen LogP contribution in [-0.4, -0.2) is 41.4 Å². The fraction of sp³-hybridized carbons (Fsp3) is 0.471. The first kappa shape index (κ1) is 19.6. The molecule has 0 radical (unpaired) electrons. The van der Waals surface area contributed by atoms with Gasteiger partial charge in [-0.1, -0.05) is 13.8 Å². The number of amides is 4. The molecule has 1 fully saturated rings. The van der Waals surface area contributed by atoms with Crippen LogP contribution in [0.5, 0.6) is 5.75 Å². The number of ether oxygens (including phenoxy) is 1. The second-order valence-electron chi connectivity index (χ2n) is 6.70. The minimum Gasteiger partial charge on any atom is -0.435 e. The van der Waals surface area contributed by atoms with Crippen molar-refractivity contribution in [2.45, 2.75) is 39.3 Å². The van der Waals surface area contributed by atoms with Crippen molar-refractivity contribution in [3.05, 3.63) is 24.3 Å². The predicted octanol–water partition coefficient (Wildman–Crippen LogP) is 2.58. The van der Waals surface area contributed by atoms with Gasteiger partial charge in [0.25, 0.3) is 5.91 Å². The Bertz CT molecular complexity index is 694. The third-order valence-electron chi connectivity index (χ3n) is 3.83. The minimum atomic E-state index is -2.93. The Labute approximate surface area is 149 Å². The van der Waals surface area contributed by atoms with Gasteiger partial charge in [-0.3, -0.25) is 14.5 Å². The summed E-state index contributed by atoms with van der Waals surface area (Å²) in [5, 5.41) is 5.13. The van der Waals surface area contributed by atoms with Crippen LogP contribution in [0.2, 0.25) is 0 Å². The Hall–Kier alpha value is -2.71. The summed E-state index contributed by atoms with van der Waals surface area (Å²) in [7, 11) is 0. The summed E-state index contributed by atoms with van der Waals surface area (Å²) in [6.07, 6.45) is 0.460. The number of imide groups is 1. The number of anilines is 1. The summed E-state index contributed by atoms with van der Waals surface area (Å²) in [5.41, 5.74) is -0.701. The lowest BCUT2D eigenvalue weighted by atomic mass is 9.91. The highest BCUT2D eigenvalue weighted by Crippen LogP contribution is 2.25. The molecular formula is C17H21F2N3O4. The topological polar surface area (TPSA) is 87.7 Å². The first-order valence-electron chi connectivity index (χ1n) is 8.09. The van der Waals surface area contributed by atoms with Gasteiger partial charge in [0.1, 0.15) is 17.8 Å². The van der Waals surface area contributed by atoms with Crippen molar-refractivity contribution in [3.63, 3.8) is 0 Å². The fourth-order valence-corrected chi connectivity index (χ4v) is 2.91. The van der Waals surface area contributed by atoms with Crippen LogP contribution >= 0.6 is 0 Å². The molecule has 9 heteroatoms. The van der Waals surface area contributed by atoms with E-state index in [0.29, 0.717) is 12.1 Å². The fourth-order valence-electron chi connectivity index (χ4n) is 2.91. The van der Waals surface area contributed by atoms with Crippen LogP contribution in [0.1, 0.15) is 27.2 Å². The maximum absolute atomic E-state index is 12.5. The number of carbonyl (C=O) groups is 3. The standard InChI is InChI=1S/C17H21F2N3O4/c1-10(2)8-17(3)14(24)22(16(25)21-17)9-13(23)20-11-4-6-12(7-5-11)26-15(18)19/h4-7,10,15H,8-9H2,1-3H3,(H,20,23)(H,21,25). The molecule has 0 spiro atoms. The zero-order chi connectivity index (χ0) is 19.5. The smallest absolute Gasteiger partial charge is 0.387 e. The van der Waals surface area contributed by atoms with Gasteiger partial charge in [-0.15, -0.1) is 0 Å². The van der Waals surface area contributed by atoms with Crippen LogP contribution < -0.4 is 15.4 Å². The number of rotatable bonds is 7. The second-order valence-corrected chi connectivity index (χ2v) is 6.70. The molecule has 142 valence electrons. The van der Waals surface area contributed by atoms with Gasteiger partial charge < -0.3 is 15.4 Å². The first-order chi connectivity index (χ1) is 12.1. The number of hydrogen-bond acceptors (Lipinski definition) is 4. The van der Waals surface area contributed by atoms with Crippen molar-refractivity contribution in [1.29, 1.82) is 0 Å². The number of nitrogens with one attached hydrogen (secondary N) is 2. The zero-order valence-electron chi connectivity index (χ0n) is 14.7. The molecule has 1 aliphatic rings. The SMILES string of the molecule is CC(C)CC1(C)NC(=O)N(CC(=O)Nc2ccc(OC(F)F)cc2)C1=O. The van der Waals surface area contributed by atoms with Crippen molar-refractivity contribution in [1.82, 2.24) is 10.2 Å². The average molecular weight is 369 g/mol. The summed E-state index contributed by atoms with van der Waals surface area (Å²) >= 11 is 0. The number of carbonyl (C=O) groups excluding carboxylic acids is 3. The summed E-state index contributed by atoms with van der Waals surface area (Å²) in [6.45, 7) is 2.12. The van der Waals surface area contributed by atoms with Gasteiger partial charge in [-0.05, 0) is 43.5 Å². The van der Waals surface area contributed by atoms with Gasteiger partial charge in [-0.2, -0.15) is 8.78 Å². The molecule has 1 heterocycles. The largest absolute Gasteiger partial charge is 0.435 e. The van der Waals surface area contributed by atoms with Crippen LogP contribution in [0.25, 0.3) is 0 Å². The molecule has 4 amide bonds. The van der Waals surface area contributed by atoms with E-state index in [1.54, 1.807) is 6.92 Å². The Morgan fingerprint density at radius 1 is 1.27 bits per heavy atom. The molecule has 1 atom stereocenters. The van der Waals surface area contributed by atoms with Gasteiger partial charge in [-0.25, -0.2) is 4.79 Å². The highest BCUT2D eigenvalue weighted by Gasteiger charge is 2.48. The molecule has 1 aliphatic heterocycles. The van der Waals surface area contributed by atoms with E-state index >= 15 is 0 Å². The normalized spacial score (nSPS) is 19.9. The number of halogens is 2. The molecule has 26 heavy (non-hydrogen) atoms. The Balaban J connectivity index is 1.97. The van der Waals surface area contributed by atoms with Crippen molar-refractivity contribution >= 4 is 23.5 Å². The van der Waals surface area contributed by atoms with Gasteiger partial charge >= 0.3 is 12.6 Å². The third-order valence-corrected chi connectivity index (χ3v) is 3.83. The molecule has 7 nitrogen and oxygen atoms in total. The van der Waals surface area contributed by atoms with E-state index in [0.717, 1.165) is 4.90 Å². The van der Waals surface area contributed by atoms with Crippen LogP contribution in [0, 0.1) is 5.92 Å². The van der Waals surface area contributed by atoms with Gasteiger partial charge in [0.15, 0.2) is 0 Å². The molecule has 0 aliphatic carbocycles. The van der Waals surface area contributed by atoms with Crippen molar-refractivity contribution in [2.75, 3.05) is 11.9 Å². The van der Waals surface area contributed by atoms with Crippen LogP contribution in [0.4, 0.5) is 19.3 Å². The lowest BCUT2D eigenvalue weighted by Gasteiger charge is -2.23. The lowest BCUT2D eigenvalue weighted by Crippen LogP contribution is -2.45. The zero-order valence-corrected chi connectivity index (χ0v) is 14.7. The molecule has 1 aromatic carbocycles. The quantitative estimate of drug-likeness (QED) is 0.723. The molecule has 1 saturated heterocycles. The Morgan fingerprint density at radius 2 is 1.88 bits per heavy atom. The van der Waals surface area contributed by atoms with Crippen LogP contribution in [0.15, 0.2) is 24.3 Å². The molecule has 2 N–H and O–H groups in total. The number of alkyl halides is 2. The summed E-state index contributed by atoms with van der Waals surface area (Å²) in [4.78, 5) is 37.5. The highest BCUT2D eigenvalue weighted by atomic mass is 19.3. The molecule has 0 bridgehead atoms. The van der Waals surface area contributed by atoms with E-state index in [1.165, 1.54) is 24.3 Å². The van der Waals surface area contributed by atoms with E-state index in [1.807, 2.05) is 13.8 Å². The maximum atomic E-state index is 12.5. The molecule has 0 aromatic heterocycles. The van der Waals surface area contributed by atoms with E-state index in [2.05, 4.69) is 15.4 Å². The van der Waals surface area contributed by atoms with E-state index in [9.17, 15) is 23.2 Å². The number of hydrogen-bond donors (Lipinski definition) is 2. The summed E-state index contributed by atoms with van der Waals surface area (Å²) in [6, 6.07) is 4.69. The second kappa shape index (κ2) is 7.67. The number of benzene rings is 1. The third kappa shape index (κ3) is 4.68. The highest BCUT2D eigenvalue weighted by molar-refractivity contribution is 6.09. The minimum absolute atomic E-state index is 0.0449. The molecule has 1 aromatic rings. The number of nitrogens with zero attached hydrogens (tertiary/aromatic N) is 1. The number of urea groups is 1. The van der Waals surface area contributed by atoms with E-state index in [-0.39, 0.29) is 11.7 Å². The van der Waals surface area contributed by atoms with E-state index in [4.69, 9.17) is 0 Å². The molecule has 0 saturated carbocycles. The van der Waals surface area contributed by atoms with Crippen molar-refractivity contribution < 1.29 is 27.9 Å². The Kier molecular flexibility index (Phi) is 5.79. The maximum Gasteiger partial charge on any atom is 0.387 e. The van der Waals surface area contributed by atoms with Crippen LogP contribution in [-0.2, 0) is 9.59 Å². The summed E-state index contributed by atoms with van der Waals surface area (Å²) in [5.74, 6) is -0.889. The molecular weight excluding hydrogens is 348 g/mol. The van der Waals surface area contributed by atoms with Crippen LogP contribution in [0.3, 0.4) is 0 Å². The van der Waals surface area contributed by atoms with Gasteiger partial charge in [0.2, 0.25) is 5.91 Å². The van der Waals surface area contributed by atoms with E-state index < -0.39 is 36.5 Å². The lowest BCUT2D eigenvalue weighted by molar-refractivity contribution is -0.133. The Morgan fingerprint density at radius 3 is 2.42 bits per heavy atom. The predicted molar refractivity (Wildman–Crippen MR) is 89.8 cm³/mol. The average Bonchev–Trinajstić information content (AvgIpc) is 2.71. The van der Waals surface area contributed by atoms with Gasteiger partial charge in [0.05, 0.1) is 0 Å². The molecule has 1 unspecified atom stereocenters. The molecule has 2 rings (SSSR count). The van der Waals surface area contributed by atoms with Crippen molar-refractivity contribution in [3.8, 4) is 5.75 Å². The monoisotopic (exact) mass is 369 g/mol. The van der Waals surface area contributed by atoms with Gasteiger partial charge in [0, 0.05) is 5.69 Å². The summed E-state index contributed by atoms with van der Waals surface area (Å²) < 4.78 is 28.4.